The fraction of sp³-hybridized carbons (Fsp3) is 0.462. The van der Waals surface area contributed by atoms with E-state index in [0.29, 0.717) is 13.0 Å². The monoisotopic (exact) mass is 288 g/mol. The highest BCUT2D eigenvalue weighted by molar-refractivity contribution is 5.85. The molecular weight excluding hydrogens is 268 g/mol. The first-order valence-electron chi connectivity index (χ1n) is 5.82. The van der Waals surface area contributed by atoms with Crippen molar-refractivity contribution in [2.24, 2.45) is 5.73 Å². The molecule has 0 aliphatic carbocycles. The third kappa shape index (κ3) is 5.36. The Morgan fingerprint density at radius 1 is 1.37 bits per heavy atom. The number of carbonyl (C=O) groups excluding carboxylic acids is 1. The number of amides is 1. The normalized spacial score (nSPS) is 11.2. The van der Waals surface area contributed by atoms with Crippen molar-refractivity contribution in [3.8, 4) is 11.5 Å². The Balaban J connectivity index is 0.00000324. The summed E-state index contributed by atoms with van der Waals surface area (Å²) in [7, 11) is 3.23. The number of carbonyl (C=O) groups is 1. The van der Waals surface area contributed by atoms with Crippen LogP contribution in [0.1, 0.15) is 12.5 Å². The largest absolute Gasteiger partial charge is 0.497 e. The van der Waals surface area contributed by atoms with Crippen LogP contribution in [-0.2, 0) is 11.2 Å². The first-order valence-corrected chi connectivity index (χ1v) is 5.82. The highest BCUT2D eigenvalue weighted by Crippen LogP contribution is 2.23. The van der Waals surface area contributed by atoms with E-state index < -0.39 is 6.04 Å². The summed E-state index contributed by atoms with van der Waals surface area (Å²) in [6, 6.07) is 5.10. The van der Waals surface area contributed by atoms with Gasteiger partial charge in [-0.2, -0.15) is 0 Å². The molecule has 1 atom stereocenters. The molecule has 0 aromatic heterocycles. The average Bonchev–Trinajstić information content (AvgIpc) is 2.38. The van der Waals surface area contributed by atoms with Crippen LogP contribution in [0.5, 0.6) is 11.5 Å². The molecule has 1 aromatic rings. The van der Waals surface area contributed by atoms with Crippen molar-refractivity contribution in [3.05, 3.63) is 23.8 Å². The maximum absolute atomic E-state index is 11.3. The van der Waals surface area contributed by atoms with E-state index in [0.717, 1.165) is 17.1 Å². The van der Waals surface area contributed by atoms with Gasteiger partial charge in [-0.1, -0.05) is 0 Å². The van der Waals surface area contributed by atoms with E-state index in [1.165, 1.54) is 0 Å². The van der Waals surface area contributed by atoms with Crippen molar-refractivity contribution in [2.75, 3.05) is 20.8 Å². The van der Waals surface area contributed by atoms with Gasteiger partial charge in [-0.25, -0.2) is 0 Å². The standard InChI is InChI=1S/C13H20N2O3.ClH/c1-9(14)13(16)15-7-6-10-8-11(17-2)4-5-12(10)18-3;/h4-5,8-9H,6-7,14H2,1-3H3,(H,15,16);1H/t9-;/m0./s1. The van der Waals surface area contributed by atoms with Gasteiger partial charge in [-0.05, 0) is 37.1 Å². The Kier molecular flexibility index (Phi) is 7.95. The molecule has 1 rings (SSSR count). The van der Waals surface area contributed by atoms with Crippen molar-refractivity contribution < 1.29 is 14.3 Å². The van der Waals surface area contributed by atoms with Gasteiger partial charge in [0, 0.05) is 6.54 Å². The highest BCUT2D eigenvalue weighted by Gasteiger charge is 2.08. The van der Waals surface area contributed by atoms with E-state index in [9.17, 15) is 4.79 Å². The quantitative estimate of drug-likeness (QED) is 0.823. The maximum Gasteiger partial charge on any atom is 0.236 e. The zero-order chi connectivity index (χ0) is 13.5. The second-order valence-electron chi connectivity index (χ2n) is 4.01. The van der Waals surface area contributed by atoms with Gasteiger partial charge >= 0.3 is 0 Å². The van der Waals surface area contributed by atoms with E-state index in [1.807, 2.05) is 18.2 Å². The smallest absolute Gasteiger partial charge is 0.236 e. The number of benzene rings is 1. The van der Waals surface area contributed by atoms with Crippen LogP contribution in [0.2, 0.25) is 0 Å². The molecule has 3 N–H and O–H groups in total. The van der Waals surface area contributed by atoms with Gasteiger partial charge < -0.3 is 20.5 Å². The summed E-state index contributed by atoms with van der Waals surface area (Å²) in [5.74, 6) is 1.40. The number of methoxy groups -OCH3 is 2. The van der Waals surface area contributed by atoms with E-state index in [2.05, 4.69) is 5.32 Å². The Morgan fingerprint density at radius 3 is 2.58 bits per heavy atom. The average molecular weight is 289 g/mol. The number of nitrogens with two attached hydrogens (primary N) is 1. The second-order valence-corrected chi connectivity index (χ2v) is 4.01. The van der Waals surface area contributed by atoms with Crippen LogP contribution in [0, 0.1) is 0 Å². The summed E-state index contributed by atoms with van der Waals surface area (Å²) >= 11 is 0. The van der Waals surface area contributed by atoms with E-state index in [-0.39, 0.29) is 18.3 Å². The number of ether oxygens (including phenoxy) is 2. The van der Waals surface area contributed by atoms with Gasteiger partial charge in [-0.3, -0.25) is 4.79 Å². The third-order valence-corrected chi connectivity index (χ3v) is 2.59. The van der Waals surface area contributed by atoms with Crippen LogP contribution in [0.4, 0.5) is 0 Å². The van der Waals surface area contributed by atoms with Crippen LogP contribution < -0.4 is 20.5 Å². The molecule has 0 saturated carbocycles. The number of halogens is 1. The van der Waals surface area contributed by atoms with Gasteiger partial charge in [0.05, 0.1) is 20.3 Å². The Bertz CT molecular complexity index is 411. The lowest BCUT2D eigenvalue weighted by molar-refractivity contribution is -0.121. The number of hydrogen-bond acceptors (Lipinski definition) is 4. The van der Waals surface area contributed by atoms with Crippen LogP contribution in [-0.4, -0.2) is 32.7 Å². The third-order valence-electron chi connectivity index (χ3n) is 2.59. The molecule has 0 unspecified atom stereocenters. The molecule has 0 spiro atoms. The summed E-state index contributed by atoms with van der Waals surface area (Å²) in [6.45, 7) is 2.17. The molecule has 5 nitrogen and oxygen atoms in total. The molecule has 0 saturated heterocycles. The lowest BCUT2D eigenvalue weighted by Crippen LogP contribution is -2.39. The first kappa shape index (κ1) is 17.5. The summed E-state index contributed by atoms with van der Waals surface area (Å²) in [6.07, 6.45) is 0.666. The molecule has 0 bridgehead atoms. The molecule has 1 amide bonds. The predicted molar refractivity (Wildman–Crippen MR) is 77.2 cm³/mol. The SMILES string of the molecule is COc1ccc(OC)c(CCNC(=O)[C@H](C)N)c1.Cl. The first-order chi connectivity index (χ1) is 8.58. The molecule has 0 heterocycles. The van der Waals surface area contributed by atoms with Gasteiger partial charge in [-0.15, -0.1) is 12.4 Å². The molecule has 0 aliphatic rings. The molecular formula is C13H21ClN2O3. The van der Waals surface area contributed by atoms with Gasteiger partial charge in [0.15, 0.2) is 0 Å². The van der Waals surface area contributed by atoms with Crippen molar-refractivity contribution in [2.45, 2.75) is 19.4 Å². The van der Waals surface area contributed by atoms with E-state index in [4.69, 9.17) is 15.2 Å². The van der Waals surface area contributed by atoms with Crippen molar-refractivity contribution in [1.82, 2.24) is 5.32 Å². The van der Waals surface area contributed by atoms with Gasteiger partial charge in [0.1, 0.15) is 11.5 Å². The number of nitrogens with one attached hydrogen (secondary N) is 1. The van der Waals surface area contributed by atoms with E-state index in [1.54, 1.807) is 21.1 Å². The van der Waals surface area contributed by atoms with Crippen LogP contribution in [0.3, 0.4) is 0 Å². The summed E-state index contributed by atoms with van der Waals surface area (Å²) in [5.41, 5.74) is 6.45. The van der Waals surface area contributed by atoms with E-state index >= 15 is 0 Å². The van der Waals surface area contributed by atoms with Gasteiger partial charge in [0.2, 0.25) is 5.91 Å². The predicted octanol–water partition coefficient (Wildman–Crippen LogP) is 1.13. The molecule has 6 heteroatoms. The summed E-state index contributed by atoms with van der Waals surface area (Å²) in [5, 5.41) is 2.76. The minimum Gasteiger partial charge on any atom is -0.497 e. The molecule has 0 aliphatic heterocycles. The van der Waals surface area contributed by atoms with Crippen molar-refractivity contribution in [3.63, 3.8) is 0 Å². The van der Waals surface area contributed by atoms with Crippen LogP contribution >= 0.6 is 12.4 Å². The molecule has 108 valence electrons. The Labute approximate surface area is 119 Å². The number of rotatable bonds is 6. The minimum absolute atomic E-state index is 0. The molecule has 0 radical (unpaired) electrons. The van der Waals surface area contributed by atoms with Crippen LogP contribution in [0.15, 0.2) is 18.2 Å². The summed E-state index contributed by atoms with van der Waals surface area (Å²) in [4.78, 5) is 11.3. The zero-order valence-corrected chi connectivity index (χ0v) is 12.3. The summed E-state index contributed by atoms with van der Waals surface area (Å²) < 4.78 is 10.4. The molecule has 0 fully saturated rings. The molecule has 19 heavy (non-hydrogen) atoms. The topological polar surface area (TPSA) is 73.6 Å². The minimum atomic E-state index is -0.489. The number of hydrogen-bond donors (Lipinski definition) is 2. The maximum atomic E-state index is 11.3. The Hall–Kier alpha value is -1.46. The lowest BCUT2D eigenvalue weighted by atomic mass is 10.1. The zero-order valence-electron chi connectivity index (χ0n) is 11.4. The Morgan fingerprint density at radius 2 is 2.05 bits per heavy atom. The van der Waals surface area contributed by atoms with Crippen molar-refractivity contribution in [1.29, 1.82) is 0 Å². The fourth-order valence-corrected chi connectivity index (χ4v) is 1.56. The fourth-order valence-electron chi connectivity index (χ4n) is 1.56. The lowest BCUT2D eigenvalue weighted by Gasteiger charge is -2.11. The molecule has 1 aromatic carbocycles. The van der Waals surface area contributed by atoms with Crippen molar-refractivity contribution >= 4 is 18.3 Å². The second kappa shape index (κ2) is 8.61. The van der Waals surface area contributed by atoms with Crippen LogP contribution in [0.25, 0.3) is 0 Å². The van der Waals surface area contributed by atoms with Gasteiger partial charge in [0.25, 0.3) is 0 Å². The highest BCUT2D eigenvalue weighted by atomic mass is 35.5.